The first-order valence-electron chi connectivity index (χ1n) is 7.19. The first kappa shape index (κ1) is 17.5. The van der Waals surface area contributed by atoms with Crippen molar-refractivity contribution in [2.75, 3.05) is 12.4 Å². The van der Waals surface area contributed by atoms with Crippen LogP contribution in [0, 0.1) is 15.9 Å². The number of benzene rings is 1. The van der Waals surface area contributed by atoms with Gasteiger partial charge in [0.15, 0.2) is 0 Å². The van der Waals surface area contributed by atoms with E-state index in [1.165, 1.54) is 13.3 Å². The van der Waals surface area contributed by atoms with E-state index in [0.29, 0.717) is 16.3 Å². The van der Waals surface area contributed by atoms with E-state index in [2.05, 4.69) is 20.4 Å². The number of anilines is 2. The molecule has 0 fully saturated rings. The second kappa shape index (κ2) is 6.92. The van der Waals surface area contributed by atoms with Crippen LogP contribution in [0.1, 0.15) is 0 Å². The molecule has 0 unspecified atom stereocenters. The quantitative estimate of drug-likeness (QED) is 0.535. The standard InChI is InChI=1S/C15H12ClFN6O3/c1-22-7-8(5-19-22)14-9(16)6-18-15(21-14)20-11-4-12(23(24)25)10(17)3-13(11)26-2/h3-7H,1-2H3,(H,18,20,21). The molecule has 3 aromatic rings. The van der Waals surface area contributed by atoms with E-state index < -0.39 is 16.4 Å². The summed E-state index contributed by atoms with van der Waals surface area (Å²) in [5.74, 6) is -0.840. The monoisotopic (exact) mass is 378 g/mol. The molecule has 134 valence electrons. The molecule has 0 radical (unpaired) electrons. The zero-order chi connectivity index (χ0) is 18.8. The number of nitrogens with one attached hydrogen (secondary N) is 1. The Morgan fingerprint density at radius 1 is 1.38 bits per heavy atom. The van der Waals surface area contributed by atoms with Gasteiger partial charge in [-0.05, 0) is 0 Å². The predicted molar refractivity (Wildman–Crippen MR) is 92.1 cm³/mol. The van der Waals surface area contributed by atoms with Gasteiger partial charge in [-0.15, -0.1) is 0 Å². The molecule has 0 bridgehead atoms. The summed E-state index contributed by atoms with van der Waals surface area (Å²) in [6.45, 7) is 0. The summed E-state index contributed by atoms with van der Waals surface area (Å²) in [6.07, 6.45) is 4.69. The van der Waals surface area contributed by atoms with Crippen LogP contribution in [0.5, 0.6) is 5.75 Å². The number of nitro benzene ring substituents is 1. The molecule has 0 aliphatic rings. The van der Waals surface area contributed by atoms with Crippen molar-refractivity contribution in [3.05, 3.63) is 51.7 Å². The number of aromatic nitrogens is 4. The van der Waals surface area contributed by atoms with Crippen LogP contribution in [0.4, 0.5) is 21.7 Å². The van der Waals surface area contributed by atoms with Crippen LogP contribution in [0.15, 0.2) is 30.7 Å². The molecular formula is C15H12ClFN6O3. The van der Waals surface area contributed by atoms with Gasteiger partial charge < -0.3 is 10.1 Å². The Balaban J connectivity index is 2.01. The maximum absolute atomic E-state index is 13.7. The van der Waals surface area contributed by atoms with Crippen LogP contribution in [0.3, 0.4) is 0 Å². The van der Waals surface area contributed by atoms with Gasteiger partial charge in [-0.2, -0.15) is 9.49 Å². The molecule has 0 aliphatic heterocycles. The average molecular weight is 379 g/mol. The third kappa shape index (κ3) is 3.40. The van der Waals surface area contributed by atoms with E-state index in [4.69, 9.17) is 16.3 Å². The number of nitrogens with zero attached hydrogens (tertiary/aromatic N) is 5. The molecule has 2 heterocycles. The maximum atomic E-state index is 13.7. The van der Waals surface area contributed by atoms with Crippen molar-refractivity contribution in [2.45, 2.75) is 0 Å². The fourth-order valence-corrected chi connectivity index (χ4v) is 2.44. The second-order valence-electron chi connectivity index (χ2n) is 5.18. The number of hydrogen-bond acceptors (Lipinski definition) is 7. The van der Waals surface area contributed by atoms with Crippen molar-refractivity contribution in [1.29, 1.82) is 0 Å². The summed E-state index contributed by atoms with van der Waals surface area (Å²) < 4.78 is 20.4. The lowest BCUT2D eigenvalue weighted by Crippen LogP contribution is -2.02. The van der Waals surface area contributed by atoms with Crippen molar-refractivity contribution in [3.8, 4) is 17.0 Å². The molecule has 0 atom stereocenters. The maximum Gasteiger partial charge on any atom is 0.307 e. The van der Waals surface area contributed by atoms with Gasteiger partial charge in [-0.3, -0.25) is 14.8 Å². The first-order chi connectivity index (χ1) is 12.4. The minimum atomic E-state index is -1.01. The summed E-state index contributed by atoms with van der Waals surface area (Å²) in [7, 11) is 3.07. The minimum absolute atomic E-state index is 0.0644. The van der Waals surface area contributed by atoms with Gasteiger partial charge in [0.05, 0.1) is 40.8 Å². The van der Waals surface area contributed by atoms with Crippen molar-refractivity contribution in [1.82, 2.24) is 19.7 Å². The van der Waals surface area contributed by atoms with E-state index in [-0.39, 0.29) is 17.4 Å². The van der Waals surface area contributed by atoms with Gasteiger partial charge in [0, 0.05) is 30.9 Å². The van der Waals surface area contributed by atoms with E-state index in [9.17, 15) is 14.5 Å². The van der Waals surface area contributed by atoms with Crippen molar-refractivity contribution in [3.63, 3.8) is 0 Å². The van der Waals surface area contributed by atoms with Gasteiger partial charge in [0.25, 0.3) is 0 Å². The molecule has 11 heteroatoms. The lowest BCUT2D eigenvalue weighted by molar-refractivity contribution is -0.387. The van der Waals surface area contributed by atoms with E-state index in [1.54, 1.807) is 24.1 Å². The molecule has 2 aromatic heterocycles. The Morgan fingerprint density at radius 3 is 2.77 bits per heavy atom. The lowest BCUT2D eigenvalue weighted by atomic mass is 10.2. The second-order valence-corrected chi connectivity index (χ2v) is 5.59. The highest BCUT2D eigenvalue weighted by atomic mass is 35.5. The summed E-state index contributed by atoms with van der Waals surface area (Å²) in [4.78, 5) is 18.5. The molecule has 3 rings (SSSR count). The topological polar surface area (TPSA) is 108 Å². The minimum Gasteiger partial charge on any atom is -0.494 e. The van der Waals surface area contributed by atoms with Crippen LogP contribution in [0.2, 0.25) is 5.02 Å². The normalized spacial score (nSPS) is 10.6. The van der Waals surface area contributed by atoms with Crippen LogP contribution in [0.25, 0.3) is 11.3 Å². The van der Waals surface area contributed by atoms with Gasteiger partial charge in [0.2, 0.25) is 11.8 Å². The van der Waals surface area contributed by atoms with E-state index in [1.807, 2.05) is 0 Å². The van der Waals surface area contributed by atoms with Crippen molar-refractivity contribution >= 4 is 28.9 Å². The number of rotatable bonds is 5. The SMILES string of the molecule is COc1cc(F)c([N+](=O)[O-])cc1Nc1ncc(Cl)c(-c2cnn(C)c2)n1. The number of halogens is 2. The Bertz CT molecular complexity index is 994. The zero-order valence-corrected chi connectivity index (χ0v) is 14.4. The molecule has 0 spiro atoms. The number of methoxy groups -OCH3 is 1. The number of nitro groups is 1. The first-order valence-corrected chi connectivity index (χ1v) is 7.57. The highest BCUT2D eigenvalue weighted by Crippen LogP contribution is 2.34. The third-order valence-corrected chi connectivity index (χ3v) is 3.71. The van der Waals surface area contributed by atoms with E-state index in [0.717, 1.165) is 12.1 Å². The number of aryl methyl sites for hydroxylation is 1. The Kier molecular flexibility index (Phi) is 4.67. The van der Waals surface area contributed by atoms with Crippen molar-refractivity contribution in [2.24, 2.45) is 7.05 Å². The summed E-state index contributed by atoms with van der Waals surface area (Å²) >= 11 is 6.14. The van der Waals surface area contributed by atoms with Crippen LogP contribution in [-0.4, -0.2) is 31.8 Å². The lowest BCUT2D eigenvalue weighted by Gasteiger charge is -2.11. The molecule has 9 nitrogen and oxygen atoms in total. The smallest absolute Gasteiger partial charge is 0.307 e. The average Bonchev–Trinajstić information content (AvgIpc) is 3.03. The van der Waals surface area contributed by atoms with Gasteiger partial charge >= 0.3 is 5.69 Å². The van der Waals surface area contributed by atoms with Crippen LogP contribution >= 0.6 is 11.6 Å². The fourth-order valence-electron chi connectivity index (χ4n) is 2.24. The molecular weight excluding hydrogens is 367 g/mol. The van der Waals surface area contributed by atoms with Crippen LogP contribution in [-0.2, 0) is 7.05 Å². The fraction of sp³-hybridized carbons (Fsp3) is 0.133. The zero-order valence-electron chi connectivity index (χ0n) is 13.6. The molecule has 0 aliphatic carbocycles. The highest BCUT2D eigenvalue weighted by molar-refractivity contribution is 6.32. The predicted octanol–water partition coefficient (Wildman–Crippen LogP) is 3.33. The van der Waals surface area contributed by atoms with Crippen molar-refractivity contribution < 1.29 is 14.1 Å². The molecule has 1 aromatic carbocycles. The Morgan fingerprint density at radius 2 is 2.15 bits per heavy atom. The summed E-state index contributed by atoms with van der Waals surface area (Å²) in [5.41, 5.74) is 0.530. The number of ether oxygens (including phenoxy) is 1. The molecule has 26 heavy (non-hydrogen) atoms. The largest absolute Gasteiger partial charge is 0.494 e. The molecule has 1 N–H and O–H groups in total. The third-order valence-electron chi connectivity index (χ3n) is 3.43. The summed E-state index contributed by atoms with van der Waals surface area (Å²) in [6, 6.07) is 1.92. The van der Waals surface area contributed by atoms with Gasteiger partial charge in [-0.25, -0.2) is 9.97 Å². The highest BCUT2D eigenvalue weighted by Gasteiger charge is 2.20. The summed E-state index contributed by atoms with van der Waals surface area (Å²) in [5, 5.41) is 18.1. The molecule has 0 saturated carbocycles. The number of hydrogen-bond donors (Lipinski definition) is 1. The Hall–Kier alpha value is -3.27. The van der Waals surface area contributed by atoms with Gasteiger partial charge in [-0.1, -0.05) is 11.6 Å². The Labute approximate surface area is 151 Å². The van der Waals surface area contributed by atoms with Gasteiger partial charge in [0.1, 0.15) is 5.75 Å². The van der Waals surface area contributed by atoms with E-state index >= 15 is 0 Å². The van der Waals surface area contributed by atoms with Crippen LogP contribution < -0.4 is 10.1 Å². The molecule has 0 saturated heterocycles. The molecule has 0 amide bonds.